The maximum Gasteiger partial charge on any atom is 0.338 e. The molecule has 0 spiro atoms. The third-order valence-electron chi connectivity index (χ3n) is 3.66. The standard InChI is InChI=1S/C17H19NO8S/c1-23-10-7-12(17(19)20)16(15(8-10)26-4)18-27(21,22)11-5-6-13(24-2)14(9-11)25-3/h5-9,18H,1-4H3,(H,19,20). The van der Waals surface area contributed by atoms with Crippen molar-refractivity contribution >= 4 is 21.7 Å². The topological polar surface area (TPSA) is 120 Å². The monoisotopic (exact) mass is 397 g/mol. The lowest BCUT2D eigenvalue weighted by molar-refractivity contribution is 0.0697. The van der Waals surface area contributed by atoms with Crippen molar-refractivity contribution in [3.63, 3.8) is 0 Å². The molecule has 0 unspecified atom stereocenters. The van der Waals surface area contributed by atoms with Crippen LogP contribution in [-0.2, 0) is 10.0 Å². The van der Waals surface area contributed by atoms with E-state index in [9.17, 15) is 18.3 Å². The summed E-state index contributed by atoms with van der Waals surface area (Å²) in [6.07, 6.45) is 0. The number of hydrogen-bond acceptors (Lipinski definition) is 7. The summed E-state index contributed by atoms with van der Waals surface area (Å²) in [5, 5.41) is 9.44. The van der Waals surface area contributed by atoms with Crippen LogP contribution in [0.5, 0.6) is 23.0 Å². The number of sulfonamides is 1. The van der Waals surface area contributed by atoms with E-state index in [4.69, 9.17) is 18.9 Å². The van der Waals surface area contributed by atoms with E-state index < -0.39 is 16.0 Å². The van der Waals surface area contributed by atoms with E-state index in [2.05, 4.69) is 4.72 Å². The number of methoxy groups -OCH3 is 4. The Bertz CT molecular complexity index is 956. The van der Waals surface area contributed by atoms with Crippen molar-refractivity contribution in [1.82, 2.24) is 0 Å². The second-order valence-corrected chi connectivity index (χ2v) is 6.86. The second kappa shape index (κ2) is 8.04. The van der Waals surface area contributed by atoms with Gasteiger partial charge in [-0.2, -0.15) is 0 Å². The number of ether oxygens (including phenoxy) is 4. The quantitative estimate of drug-likeness (QED) is 0.696. The van der Waals surface area contributed by atoms with Crippen LogP contribution in [0, 0.1) is 0 Å². The minimum absolute atomic E-state index is 0.00389. The highest BCUT2D eigenvalue weighted by molar-refractivity contribution is 7.92. The summed E-state index contributed by atoms with van der Waals surface area (Å²) in [7, 11) is 1.29. The minimum Gasteiger partial charge on any atom is -0.497 e. The third-order valence-corrected chi connectivity index (χ3v) is 5.01. The first-order valence-electron chi connectivity index (χ1n) is 7.51. The van der Waals surface area contributed by atoms with Crippen molar-refractivity contribution < 1.29 is 37.3 Å². The average molecular weight is 397 g/mol. The first-order valence-corrected chi connectivity index (χ1v) is 8.99. The average Bonchev–Trinajstić information content (AvgIpc) is 2.66. The fraction of sp³-hybridized carbons (Fsp3) is 0.235. The van der Waals surface area contributed by atoms with Crippen LogP contribution in [0.15, 0.2) is 35.2 Å². The summed E-state index contributed by atoms with van der Waals surface area (Å²) >= 11 is 0. The van der Waals surface area contributed by atoms with Gasteiger partial charge in [-0.3, -0.25) is 4.72 Å². The molecule has 10 heteroatoms. The van der Waals surface area contributed by atoms with Crippen LogP contribution >= 0.6 is 0 Å². The van der Waals surface area contributed by atoms with Crippen LogP contribution in [0.1, 0.15) is 10.4 Å². The van der Waals surface area contributed by atoms with Gasteiger partial charge in [-0.25, -0.2) is 13.2 Å². The maximum atomic E-state index is 12.8. The van der Waals surface area contributed by atoms with Gasteiger partial charge in [0.2, 0.25) is 0 Å². The van der Waals surface area contributed by atoms with Crippen molar-refractivity contribution in [2.24, 2.45) is 0 Å². The van der Waals surface area contributed by atoms with Crippen LogP contribution in [0.2, 0.25) is 0 Å². The molecule has 2 N–H and O–H groups in total. The lowest BCUT2D eigenvalue weighted by atomic mass is 10.1. The molecular weight excluding hydrogens is 378 g/mol. The zero-order chi connectivity index (χ0) is 20.2. The van der Waals surface area contributed by atoms with Crippen molar-refractivity contribution in [2.45, 2.75) is 4.90 Å². The van der Waals surface area contributed by atoms with Crippen molar-refractivity contribution in [3.8, 4) is 23.0 Å². The van der Waals surface area contributed by atoms with E-state index in [0.717, 1.165) is 0 Å². The number of nitrogens with one attached hydrogen (secondary N) is 1. The normalized spacial score (nSPS) is 10.8. The van der Waals surface area contributed by atoms with Crippen LogP contribution < -0.4 is 23.7 Å². The number of rotatable bonds is 8. The summed E-state index contributed by atoms with van der Waals surface area (Å²) in [6.45, 7) is 0. The Labute approximate surface area is 156 Å². The van der Waals surface area contributed by atoms with E-state index in [0.29, 0.717) is 5.75 Å². The molecule has 0 radical (unpaired) electrons. The zero-order valence-electron chi connectivity index (χ0n) is 15.1. The van der Waals surface area contributed by atoms with Gasteiger partial charge >= 0.3 is 5.97 Å². The fourth-order valence-electron chi connectivity index (χ4n) is 2.32. The highest BCUT2D eigenvalue weighted by Crippen LogP contribution is 2.36. The molecule has 146 valence electrons. The van der Waals surface area contributed by atoms with Crippen molar-refractivity contribution in [1.29, 1.82) is 0 Å². The molecule has 9 nitrogen and oxygen atoms in total. The first kappa shape index (κ1) is 20.2. The zero-order valence-corrected chi connectivity index (χ0v) is 15.9. The lowest BCUT2D eigenvalue weighted by Crippen LogP contribution is -2.17. The number of hydrogen-bond donors (Lipinski definition) is 2. The van der Waals surface area contributed by atoms with Gasteiger partial charge in [0.05, 0.1) is 38.9 Å². The summed E-state index contributed by atoms with van der Waals surface area (Å²) in [5.74, 6) is -0.587. The molecule has 27 heavy (non-hydrogen) atoms. The Hall–Kier alpha value is -3.14. The molecule has 0 aliphatic carbocycles. The lowest BCUT2D eigenvalue weighted by Gasteiger charge is -2.16. The van der Waals surface area contributed by atoms with Gasteiger partial charge < -0.3 is 24.1 Å². The van der Waals surface area contributed by atoms with E-state index in [-0.39, 0.29) is 33.4 Å². The summed E-state index contributed by atoms with van der Waals surface area (Å²) in [6, 6.07) is 6.56. The smallest absolute Gasteiger partial charge is 0.338 e. The predicted molar refractivity (Wildman–Crippen MR) is 96.9 cm³/mol. The third kappa shape index (κ3) is 4.17. The Balaban J connectivity index is 2.56. The maximum absolute atomic E-state index is 12.8. The first-order chi connectivity index (χ1) is 12.8. The van der Waals surface area contributed by atoms with Crippen LogP contribution in [0.4, 0.5) is 5.69 Å². The molecule has 0 bridgehead atoms. The van der Waals surface area contributed by atoms with Crippen molar-refractivity contribution in [3.05, 3.63) is 35.9 Å². The molecule has 0 aliphatic rings. The van der Waals surface area contributed by atoms with Crippen LogP contribution in [0.3, 0.4) is 0 Å². The van der Waals surface area contributed by atoms with Gasteiger partial charge in [-0.15, -0.1) is 0 Å². The Morgan fingerprint density at radius 3 is 2.04 bits per heavy atom. The summed E-state index contributed by atoms with van der Waals surface area (Å²) in [4.78, 5) is 11.4. The Kier molecular flexibility index (Phi) is 6.01. The highest BCUT2D eigenvalue weighted by atomic mass is 32.2. The molecule has 0 amide bonds. The molecule has 0 fully saturated rings. The number of carbonyl (C=O) groups is 1. The molecule has 2 aromatic carbocycles. The van der Waals surface area contributed by atoms with E-state index in [1.165, 1.54) is 58.8 Å². The molecule has 0 atom stereocenters. The molecule has 0 aromatic heterocycles. The molecule has 0 aliphatic heterocycles. The Morgan fingerprint density at radius 1 is 0.889 bits per heavy atom. The highest BCUT2D eigenvalue weighted by Gasteiger charge is 2.24. The molecule has 0 heterocycles. The number of carboxylic acids is 1. The second-order valence-electron chi connectivity index (χ2n) is 5.18. The van der Waals surface area contributed by atoms with E-state index >= 15 is 0 Å². The number of carboxylic acid groups (broad SMARTS) is 1. The molecule has 0 saturated carbocycles. The van der Waals surface area contributed by atoms with Crippen LogP contribution in [0.25, 0.3) is 0 Å². The van der Waals surface area contributed by atoms with Crippen molar-refractivity contribution in [2.75, 3.05) is 33.2 Å². The van der Waals surface area contributed by atoms with Gasteiger partial charge in [0, 0.05) is 12.1 Å². The molecule has 2 aromatic rings. The van der Waals surface area contributed by atoms with E-state index in [1.807, 2.05) is 0 Å². The number of benzene rings is 2. The largest absolute Gasteiger partial charge is 0.497 e. The van der Waals surface area contributed by atoms with Gasteiger partial charge in [0.25, 0.3) is 10.0 Å². The molecular formula is C17H19NO8S. The molecule has 0 saturated heterocycles. The van der Waals surface area contributed by atoms with E-state index in [1.54, 1.807) is 0 Å². The minimum atomic E-state index is -4.15. The van der Waals surface area contributed by atoms with Gasteiger partial charge in [-0.1, -0.05) is 0 Å². The SMILES string of the molecule is COc1cc(OC)c(NS(=O)(=O)c2ccc(OC)c(OC)c2)c(C(=O)O)c1. The van der Waals surface area contributed by atoms with Gasteiger partial charge in [0.1, 0.15) is 17.2 Å². The fourth-order valence-corrected chi connectivity index (χ4v) is 3.43. The summed E-state index contributed by atoms with van der Waals surface area (Å²) < 4.78 is 48.2. The number of anilines is 1. The van der Waals surface area contributed by atoms with Crippen LogP contribution in [-0.4, -0.2) is 47.9 Å². The predicted octanol–water partition coefficient (Wildman–Crippen LogP) is 2.22. The van der Waals surface area contributed by atoms with Gasteiger partial charge in [0.15, 0.2) is 11.5 Å². The summed E-state index contributed by atoms with van der Waals surface area (Å²) in [5.41, 5.74) is -0.546. The molecule has 2 rings (SSSR count). The Morgan fingerprint density at radius 2 is 1.52 bits per heavy atom. The number of aromatic carboxylic acids is 1. The van der Waals surface area contributed by atoms with Gasteiger partial charge in [-0.05, 0) is 18.2 Å².